The first-order valence-corrected chi connectivity index (χ1v) is 9.25. The number of benzene rings is 1. The number of ketones is 1. The van der Waals surface area contributed by atoms with Gasteiger partial charge in [0.15, 0.2) is 5.78 Å². The SMILES string of the molecule is CCc1nnc([C@@H]2C(=N)S/C(=C\c3cc(Br)ccc3O)C2=O)s1. The van der Waals surface area contributed by atoms with E-state index in [0.717, 1.165) is 27.7 Å². The number of hydrogen-bond acceptors (Lipinski definition) is 7. The van der Waals surface area contributed by atoms with Gasteiger partial charge < -0.3 is 5.11 Å². The van der Waals surface area contributed by atoms with Crippen LogP contribution in [0, 0.1) is 5.41 Å². The number of Topliss-reactive ketones (excluding diaryl/α,β-unsaturated/α-hetero) is 1. The number of carbonyl (C=O) groups excluding carboxylic acids is 1. The van der Waals surface area contributed by atoms with Crippen LogP contribution >= 0.6 is 39.0 Å². The van der Waals surface area contributed by atoms with Gasteiger partial charge in [-0.1, -0.05) is 34.6 Å². The Balaban J connectivity index is 1.94. The predicted octanol–water partition coefficient (Wildman–Crippen LogP) is 3.99. The minimum absolute atomic E-state index is 0.0910. The number of thioether (sulfide) groups is 1. The molecular weight excluding hydrogens is 398 g/mol. The van der Waals surface area contributed by atoms with Crippen LogP contribution in [0.15, 0.2) is 27.6 Å². The smallest absolute Gasteiger partial charge is 0.186 e. The van der Waals surface area contributed by atoms with Crippen LogP contribution < -0.4 is 0 Å². The average Bonchev–Trinajstić information content (AvgIpc) is 3.08. The van der Waals surface area contributed by atoms with E-state index < -0.39 is 5.92 Å². The van der Waals surface area contributed by atoms with E-state index in [-0.39, 0.29) is 16.6 Å². The molecule has 0 aliphatic carbocycles. The van der Waals surface area contributed by atoms with Crippen molar-refractivity contribution in [2.24, 2.45) is 0 Å². The first kappa shape index (κ1) is 16.4. The van der Waals surface area contributed by atoms with Gasteiger partial charge in [-0.25, -0.2) is 0 Å². The fourth-order valence-electron chi connectivity index (χ4n) is 2.12. The number of nitrogens with one attached hydrogen (secondary N) is 1. The number of phenolic OH excluding ortho intramolecular Hbond substituents is 1. The molecule has 118 valence electrons. The summed E-state index contributed by atoms with van der Waals surface area (Å²) in [5.41, 5.74) is 0.537. The van der Waals surface area contributed by atoms with Crippen LogP contribution in [0.1, 0.15) is 28.4 Å². The zero-order valence-corrected chi connectivity index (χ0v) is 15.3. The standard InChI is InChI=1S/C15H12BrN3O2S2/c1-2-11-18-19-15(23-11)12-13(21)10(22-14(12)17)6-7-5-8(16)3-4-9(7)20/h3-6,12,17,20H,2H2,1H3/b10-6-,17-14?/t12-/m0/s1. The summed E-state index contributed by atoms with van der Waals surface area (Å²) >= 11 is 5.82. The molecule has 1 aromatic carbocycles. The van der Waals surface area contributed by atoms with E-state index >= 15 is 0 Å². The topological polar surface area (TPSA) is 86.9 Å². The number of aryl methyl sites for hydroxylation is 1. The zero-order chi connectivity index (χ0) is 16.6. The maximum absolute atomic E-state index is 12.6. The monoisotopic (exact) mass is 409 g/mol. The molecule has 1 fully saturated rings. The van der Waals surface area contributed by atoms with E-state index in [2.05, 4.69) is 26.1 Å². The quantitative estimate of drug-likeness (QED) is 0.748. The molecule has 1 saturated heterocycles. The Morgan fingerprint density at radius 2 is 2.22 bits per heavy atom. The van der Waals surface area contributed by atoms with Gasteiger partial charge in [0, 0.05) is 10.0 Å². The van der Waals surface area contributed by atoms with Crippen LogP contribution in [0.2, 0.25) is 0 Å². The molecule has 8 heteroatoms. The Kier molecular flexibility index (Phi) is 4.65. The van der Waals surface area contributed by atoms with Gasteiger partial charge >= 0.3 is 0 Å². The number of nitrogens with zero attached hydrogens (tertiary/aromatic N) is 2. The number of halogens is 1. The van der Waals surface area contributed by atoms with E-state index in [4.69, 9.17) is 5.41 Å². The Morgan fingerprint density at radius 1 is 1.43 bits per heavy atom. The number of carbonyl (C=O) groups is 1. The van der Waals surface area contributed by atoms with Gasteiger partial charge in [0.2, 0.25) is 0 Å². The summed E-state index contributed by atoms with van der Waals surface area (Å²) in [7, 11) is 0. The summed E-state index contributed by atoms with van der Waals surface area (Å²) in [6.07, 6.45) is 2.37. The fraction of sp³-hybridized carbons (Fsp3) is 0.200. The summed E-state index contributed by atoms with van der Waals surface area (Å²) in [5, 5.41) is 27.7. The second-order valence-corrected chi connectivity index (χ2v) is 7.96. The van der Waals surface area contributed by atoms with Crippen molar-refractivity contribution in [3.63, 3.8) is 0 Å². The van der Waals surface area contributed by atoms with Gasteiger partial charge in [0.25, 0.3) is 0 Å². The highest BCUT2D eigenvalue weighted by molar-refractivity contribution is 9.10. The summed E-state index contributed by atoms with van der Waals surface area (Å²) < 4.78 is 0.806. The number of rotatable bonds is 3. The van der Waals surface area contributed by atoms with Gasteiger partial charge in [-0.15, -0.1) is 21.5 Å². The maximum atomic E-state index is 12.6. The molecule has 2 aromatic rings. The first-order chi connectivity index (χ1) is 11.0. The molecule has 0 bridgehead atoms. The highest BCUT2D eigenvalue weighted by atomic mass is 79.9. The summed E-state index contributed by atoms with van der Waals surface area (Å²) in [6, 6.07) is 5.01. The van der Waals surface area contributed by atoms with Crippen LogP contribution in [-0.2, 0) is 11.2 Å². The first-order valence-electron chi connectivity index (χ1n) is 6.82. The highest BCUT2D eigenvalue weighted by Crippen LogP contribution is 2.42. The molecule has 1 aliphatic rings. The molecule has 0 radical (unpaired) electrons. The molecule has 3 rings (SSSR count). The van der Waals surface area contributed by atoms with Crippen molar-refractivity contribution in [2.75, 3.05) is 0 Å². The number of aromatic nitrogens is 2. The maximum Gasteiger partial charge on any atom is 0.186 e. The van der Waals surface area contributed by atoms with Gasteiger partial charge in [-0.05, 0) is 30.7 Å². The van der Waals surface area contributed by atoms with E-state index in [1.54, 1.807) is 24.3 Å². The Bertz CT molecular complexity index is 832. The van der Waals surface area contributed by atoms with Crippen molar-refractivity contribution in [3.8, 4) is 5.75 Å². The molecular formula is C15H12BrN3O2S2. The lowest BCUT2D eigenvalue weighted by Gasteiger charge is -2.02. The third-order valence-corrected chi connectivity index (χ3v) is 5.92. The van der Waals surface area contributed by atoms with Gasteiger partial charge in [0.05, 0.1) is 9.95 Å². The summed E-state index contributed by atoms with van der Waals surface area (Å²) in [5.74, 6) is -0.746. The van der Waals surface area contributed by atoms with Crippen molar-refractivity contribution >= 4 is 55.9 Å². The lowest BCUT2D eigenvalue weighted by Crippen LogP contribution is -2.11. The normalized spacial score (nSPS) is 19.7. The molecule has 2 N–H and O–H groups in total. The van der Waals surface area contributed by atoms with Gasteiger partial charge in [-0.3, -0.25) is 10.2 Å². The van der Waals surface area contributed by atoms with Gasteiger partial charge in [0.1, 0.15) is 21.7 Å². The molecule has 5 nitrogen and oxygen atoms in total. The third kappa shape index (κ3) is 3.24. The molecule has 0 unspecified atom stereocenters. The molecule has 0 amide bonds. The van der Waals surface area contributed by atoms with Crippen LogP contribution in [0.3, 0.4) is 0 Å². The minimum Gasteiger partial charge on any atom is -0.507 e. The van der Waals surface area contributed by atoms with E-state index in [1.165, 1.54) is 11.3 Å². The molecule has 0 spiro atoms. The molecule has 2 heterocycles. The van der Waals surface area contributed by atoms with Crippen LogP contribution in [0.5, 0.6) is 5.75 Å². The number of allylic oxidation sites excluding steroid dienone is 1. The largest absolute Gasteiger partial charge is 0.507 e. The van der Waals surface area contributed by atoms with Crippen molar-refractivity contribution < 1.29 is 9.90 Å². The second kappa shape index (κ2) is 6.54. The van der Waals surface area contributed by atoms with E-state index in [0.29, 0.717) is 15.5 Å². The van der Waals surface area contributed by atoms with Crippen molar-refractivity contribution in [2.45, 2.75) is 19.3 Å². The van der Waals surface area contributed by atoms with Crippen LogP contribution in [0.25, 0.3) is 6.08 Å². The molecule has 1 aromatic heterocycles. The highest BCUT2D eigenvalue weighted by Gasteiger charge is 2.39. The van der Waals surface area contributed by atoms with Gasteiger partial charge in [-0.2, -0.15) is 0 Å². The lowest BCUT2D eigenvalue weighted by atomic mass is 10.0. The van der Waals surface area contributed by atoms with E-state index in [1.807, 2.05) is 6.92 Å². The molecule has 1 aliphatic heterocycles. The zero-order valence-electron chi connectivity index (χ0n) is 12.0. The number of hydrogen-bond donors (Lipinski definition) is 2. The molecule has 1 atom stereocenters. The summed E-state index contributed by atoms with van der Waals surface area (Å²) in [6.45, 7) is 1.97. The van der Waals surface area contributed by atoms with Crippen LogP contribution in [0.4, 0.5) is 0 Å². The Morgan fingerprint density at radius 3 is 2.91 bits per heavy atom. The Labute approximate surface area is 149 Å². The van der Waals surface area contributed by atoms with Crippen molar-refractivity contribution in [1.29, 1.82) is 5.41 Å². The number of phenols is 1. The predicted molar refractivity (Wildman–Crippen MR) is 96.1 cm³/mol. The number of aromatic hydroxyl groups is 1. The van der Waals surface area contributed by atoms with Crippen LogP contribution in [-0.4, -0.2) is 26.1 Å². The minimum atomic E-state index is -0.668. The van der Waals surface area contributed by atoms with Crippen molar-refractivity contribution in [3.05, 3.63) is 43.2 Å². The third-order valence-electron chi connectivity index (χ3n) is 3.30. The average molecular weight is 410 g/mol. The Hall–Kier alpha value is -1.51. The lowest BCUT2D eigenvalue weighted by molar-refractivity contribution is -0.114. The molecule has 0 saturated carbocycles. The fourth-order valence-corrected chi connectivity index (χ4v) is 4.45. The second-order valence-electron chi connectivity index (χ2n) is 4.86. The summed E-state index contributed by atoms with van der Waals surface area (Å²) in [4.78, 5) is 13.1. The van der Waals surface area contributed by atoms with Crippen molar-refractivity contribution in [1.82, 2.24) is 10.2 Å². The van der Waals surface area contributed by atoms with E-state index in [9.17, 15) is 9.90 Å². The molecule has 23 heavy (non-hydrogen) atoms.